The van der Waals surface area contributed by atoms with Crippen LogP contribution in [0.25, 0.3) is 11.2 Å². The molecule has 22 heavy (non-hydrogen) atoms. The third-order valence-corrected chi connectivity index (χ3v) is 3.55. The molecule has 0 aromatic carbocycles. The van der Waals surface area contributed by atoms with E-state index in [1.54, 1.807) is 0 Å². The van der Waals surface area contributed by atoms with Gasteiger partial charge < -0.3 is 15.6 Å². The van der Waals surface area contributed by atoms with Gasteiger partial charge in [-0.25, -0.2) is 32.5 Å². The summed E-state index contributed by atoms with van der Waals surface area (Å²) >= 11 is 0. The molecule has 1 saturated heterocycles. The summed E-state index contributed by atoms with van der Waals surface area (Å²) in [6.07, 6.45) is -4.67. The molecular formula is C11H11F4N5O2. The van der Waals surface area contributed by atoms with Crippen molar-refractivity contribution in [1.29, 1.82) is 0 Å². The third kappa shape index (κ3) is 2.00. The lowest BCUT2D eigenvalue weighted by Crippen LogP contribution is -2.41. The second-order valence-electron chi connectivity index (χ2n) is 5.01. The Morgan fingerprint density at radius 3 is 2.73 bits per heavy atom. The van der Waals surface area contributed by atoms with Crippen molar-refractivity contribution in [3.63, 3.8) is 0 Å². The minimum absolute atomic E-state index is 0.0349. The second kappa shape index (κ2) is 4.74. The molecule has 11 heteroatoms. The van der Waals surface area contributed by atoms with E-state index in [0.717, 1.165) is 17.2 Å². The number of nitrogen functional groups attached to an aromatic ring is 1. The molecule has 0 bridgehead atoms. The summed E-state index contributed by atoms with van der Waals surface area (Å²) in [7, 11) is 0. The smallest absolute Gasteiger partial charge is 0.295 e. The van der Waals surface area contributed by atoms with Crippen molar-refractivity contribution in [3.05, 3.63) is 12.7 Å². The Bertz CT molecular complexity index is 709. The lowest BCUT2D eigenvalue weighted by atomic mass is 10.00. The van der Waals surface area contributed by atoms with Crippen molar-refractivity contribution in [2.75, 3.05) is 12.3 Å². The number of nitrogens with two attached hydrogens (primary N) is 1. The number of aliphatic hydroxyl groups excluding tert-OH is 1. The predicted molar refractivity (Wildman–Crippen MR) is 65.2 cm³/mol. The van der Waals surface area contributed by atoms with Crippen molar-refractivity contribution in [1.82, 2.24) is 19.5 Å². The van der Waals surface area contributed by atoms with E-state index in [9.17, 15) is 17.6 Å². The number of aliphatic hydroxyl groups is 1. The zero-order valence-electron chi connectivity index (χ0n) is 11.0. The first-order valence-electron chi connectivity index (χ1n) is 6.18. The van der Waals surface area contributed by atoms with Crippen LogP contribution in [0, 0.1) is 0 Å². The molecule has 2 aromatic heterocycles. The summed E-state index contributed by atoms with van der Waals surface area (Å²) < 4.78 is 60.0. The number of ether oxygens (including phenoxy) is 1. The molecule has 1 aliphatic heterocycles. The van der Waals surface area contributed by atoms with Crippen LogP contribution in [0.1, 0.15) is 12.6 Å². The number of imidazole rings is 1. The van der Waals surface area contributed by atoms with Gasteiger partial charge in [0.1, 0.15) is 11.8 Å². The fraction of sp³-hybridized carbons (Fsp3) is 0.545. The quantitative estimate of drug-likeness (QED) is 0.817. The zero-order valence-corrected chi connectivity index (χ0v) is 11.0. The number of hydrogen-bond acceptors (Lipinski definition) is 6. The van der Waals surface area contributed by atoms with Crippen LogP contribution >= 0.6 is 0 Å². The van der Waals surface area contributed by atoms with Gasteiger partial charge in [-0.3, -0.25) is 4.57 Å². The minimum atomic E-state index is -3.65. The first kappa shape index (κ1) is 14.9. The van der Waals surface area contributed by atoms with Gasteiger partial charge in [0.05, 0.1) is 19.4 Å². The number of rotatable bonds is 3. The molecular weight excluding hydrogens is 310 g/mol. The van der Waals surface area contributed by atoms with Crippen molar-refractivity contribution in [3.8, 4) is 0 Å². The van der Waals surface area contributed by atoms with Crippen LogP contribution in [-0.2, 0) is 4.74 Å². The molecule has 2 unspecified atom stereocenters. The molecule has 1 fully saturated rings. The Hall–Kier alpha value is -2.01. The third-order valence-electron chi connectivity index (χ3n) is 3.55. The molecule has 3 N–H and O–H groups in total. The van der Waals surface area contributed by atoms with Crippen LogP contribution < -0.4 is 5.73 Å². The number of aromatic nitrogens is 4. The van der Waals surface area contributed by atoms with Gasteiger partial charge in [0.25, 0.3) is 12.3 Å². The highest BCUT2D eigenvalue weighted by molar-refractivity contribution is 5.81. The number of halogens is 4. The van der Waals surface area contributed by atoms with Gasteiger partial charge in [-0.1, -0.05) is 0 Å². The normalized spacial score (nSPS) is 27.8. The van der Waals surface area contributed by atoms with Gasteiger partial charge in [-0.15, -0.1) is 0 Å². The van der Waals surface area contributed by atoms with E-state index < -0.39 is 37.2 Å². The second-order valence-corrected chi connectivity index (χ2v) is 5.01. The van der Waals surface area contributed by atoms with E-state index in [1.807, 2.05) is 0 Å². The SMILES string of the molecule is Nc1ncnc2c1ncn2C1OC(CO)(C(F)F)CC1(F)F. The molecule has 1 aliphatic rings. The van der Waals surface area contributed by atoms with Crippen LogP contribution in [-0.4, -0.2) is 49.2 Å². The van der Waals surface area contributed by atoms with E-state index in [0.29, 0.717) is 0 Å². The highest BCUT2D eigenvalue weighted by atomic mass is 19.3. The molecule has 120 valence electrons. The van der Waals surface area contributed by atoms with E-state index in [4.69, 9.17) is 15.6 Å². The first-order chi connectivity index (χ1) is 10.3. The molecule has 0 spiro atoms. The van der Waals surface area contributed by atoms with E-state index >= 15 is 0 Å². The van der Waals surface area contributed by atoms with Crippen LogP contribution in [0.2, 0.25) is 0 Å². The Kier molecular flexibility index (Phi) is 3.22. The van der Waals surface area contributed by atoms with E-state index in [2.05, 4.69) is 15.0 Å². The first-order valence-corrected chi connectivity index (χ1v) is 6.18. The maximum absolute atomic E-state index is 14.2. The van der Waals surface area contributed by atoms with Gasteiger partial charge >= 0.3 is 0 Å². The maximum atomic E-state index is 14.2. The number of alkyl halides is 4. The van der Waals surface area contributed by atoms with Gasteiger partial charge in [-0.05, 0) is 0 Å². The highest BCUT2D eigenvalue weighted by Gasteiger charge is 2.62. The monoisotopic (exact) mass is 321 g/mol. The molecule has 2 atom stereocenters. The largest absolute Gasteiger partial charge is 0.393 e. The van der Waals surface area contributed by atoms with E-state index in [1.165, 1.54) is 0 Å². The lowest BCUT2D eigenvalue weighted by Gasteiger charge is -2.25. The van der Waals surface area contributed by atoms with Crippen molar-refractivity contribution >= 4 is 17.0 Å². The Balaban J connectivity index is 2.08. The average molecular weight is 321 g/mol. The summed E-state index contributed by atoms with van der Waals surface area (Å²) in [5.74, 6) is -3.68. The number of hydrogen-bond donors (Lipinski definition) is 2. The van der Waals surface area contributed by atoms with Crippen LogP contribution in [0.5, 0.6) is 0 Å². The summed E-state index contributed by atoms with van der Waals surface area (Å²) in [6, 6.07) is 0. The molecule has 0 amide bonds. The van der Waals surface area contributed by atoms with Crippen molar-refractivity contribution in [2.24, 2.45) is 0 Å². The van der Waals surface area contributed by atoms with Gasteiger partial charge in [0.2, 0.25) is 6.23 Å². The summed E-state index contributed by atoms with van der Waals surface area (Å²) in [6.45, 7) is -1.24. The van der Waals surface area contributed by atoms with Crippen LogP contribution in [0.4, 0.5) is 23.4 Å². The molecule has 2 aromatic rings. The number of anilines is 1. The average Bonchev–Trinajstić information content (AvgIpc) is 2.98. The number of nitrogens with zero attached hydrogens (tertiary/aromatic N) is 4. The van der Waals surface area contributed by atoms with Crippen LogP contribution in [0.3, 0.4) is 0 Å². The van der Waals surface area contributed by atoms with Gasteiger partial charge in [0.15, 0.2) is 17.1 Å². The van der Waals surface area contributed by atoms with Crippen molar-refractivity contribution in [2.45, 2.75) is 30.6 Å². The molecule has 3 rings (SSSR count). The Labute approximate surface area is 120 Å². The summed E-state index contributed by atoms with van der Waals surface area (Å²) in [5, 5.41) is 9.08. The molecule has 0 aliphatic carbocycles. The standard InChI is InChI=1S/C11H11F4N5O2/c12-8(13)10(2-21)1-11(14,15)9(22-10)20-4-19-5-6(16)17-3-18-7(5)20/h3-4,8-9,21H,1-2H2,(H2,16,17,18). The molecule has 0 radical (unpaired) electrons. The highest BCUT2D eigenvalue weighted by Crippen LogP contribution is 2.50. The van der Waals surface area contributed by atoms with Crippen molar-refractivity contribution < 1.29 is 27.4 Å². The Morgan fingerprint density at radius 1 is 1.41 bits per heavy atom. The Morgan fingerprint density at radius 2 is 2.14 bits per heavy atom. The zero-order chi connectivity index (χ0) is 16.1. The topological polar surface area (TPSA) is 99.1 Å². The maximum Gasteiger partial charge on any atom is 0.295 e. The summed E-state index contributed by atoms with van der Waals surface area (Å²) in [4.78, 5) is 11.2. The lowest BCUT2D eigenvalue weighted by molar-refractivity contribution is -0.181. The molecule has 7 nitrogen and oxygen atoms in total. The molecule has 0 saturated carbocycles. The van der Waals surface area contributed by atoms with E-state index in [-0.39, 0.29) is 17.0 Å². The van der Waals surface area contributed by atoms with Gasteiger partial charge in [0, 0.05) is 0 Å². The van der Waals surface area contributed by atoms with Crippen LogP contribution in [0.15, 0.2) is 12.7 Å². The number of fused-ring (bicyclic) bond motifs is 1. The minimum Gasteiger partial charge on any atom is -0.393 e. The fourth-order valence-electron chi connectivity index (χ4n) is 2.43. The molecule has 3 heterocycles. The fourth-order valence-corrected chi connectivity index (χ4v) is 2.43. The van der Waals surface area contributed by atoms with Gasteiger partial charge in [-0.2, -0.15) is 0 Å². The predicted octanol–water partition coefficient (Wildman–Crippen LogP) is 0.959. The summed E-state index contributed by atoms with van der Waals surface area (Å²) in [5.41, 5.74) is 2.90.